The van der Waals surface area contributed by atoms with E-state index in [1.165, 1.54) is 28.6 Å². The summed E-state index contributed by atoms with van der Waals surface area (Å²) in [6.07, 6.45) is 5.42. The minimum absolute atomic E-state index is 0.743. The number of hydrogen-bond donors (Lipinski definition) is 1. The summed E-state index contributed by atoms with van der Waals surface area (Å²) in [5.41, 5.74) is 1.26. The summed E-state index contributed by atoms with van der Waals surface area (Å²) in [4.78, 5) is 4.55. The lowest BCUT2D eigenvalue weighted by Gasteiger charge is -2.28. The number of nitrogens with two attached hydrogens (primary N) is 1. The largest absolute Gasteiger partial charge is 0.269 e. The quantitative estimate of drug-likeness (QED) is 0.829. The zero-order valence-corrected chi connectivity index (χ0v) is 10.6. The van der Waals surface area contributed by atoms with Crippen LogP contribution in [0.5, 0.6) is 0 Å². The van der Waals surface area contributed by atoms with Crippen molar-refractivity contribution in [3.8, 4) is 0 Å². The van der Waals surface area contributed by atoms with Gasteiger partial charge < -0.3 is 0 Å². The van der Waals surface area contributed by atoms with E-state index in [4.69, 9.17) is 5.84 Å². The Bertz CT molecular complexity index is 500. The van der Waals surface area contributed by atoms with Crippen molar-refractivity contribution in [3.63, 3.8) is 0 Å². The summed E-state index contributed by atoms with van der Waals surface area (Å²) in [5.74, 6) is 6.53. The number of nitrogens with zero attached hydrogens (tertiary/aromatic N) is 2. The minimum Gasteiger partial charge on any atom is -0.269 e. The highest BCUT2D eigenvalue weighted by molar-refractivity contribution is 7.17. The van der Waals surface area contributed by atoms with Gasteiger partial charge in [0.25, 0.3) is 0 Å². The molecule has 3 rings (SSSR count). The van der Waals surface area contributed by atoms with E-state index in [-0.39, 0.29) is 0 Å². The van der Waals surface area contributed by atoms with Gasteiger partial charge in [0.1, 0.15) is 0 Å². The Morgan fingerprint density at radius 2 is 2.18 bits per heavy atom. The molecule has 1 saturated heterocycles. The smallest absolute Gasteiger partial charge is 0.0493 e. The van der Waals surface area contributed by atoms with Gasteiger partial charge in [-0.05, 0) is 42.7 Å². The molecule has 0 amide bonds. The summed E-state index contributed by atoms with van der Waals surface area (Å²) in [6, 6.07) is 4.30. The van der Waals surface area contributed by atoms with E-state index in [1.807, 2.05) is 11.2 Å². The molecule has 0 atom stereocenters. The molecular formula is C13H17N3S. The van der Waals surface area contributed by atoms with Gasteiger partial charge in [0.15, 0.2) is 0 Å². The standard InChI is InChI=1S/C13H17N3S/c14-16-6-2-10(3-7-16)9-12-11-4-8-17-13(11)1-5-15-12/h1,4-5,8,10H,2-3,6-7,9,14H2. The van der Waals surface area contributed by atoms with Crippen LogP contribution in [0.2, 0.25) is 0 Å². The zero-order valence-electron chi connectivity index (χ0n) is 9.80. The van der Waals surface area contributed by atoms with Gasteiger partial charge in [-0.25, -0.2) is 5.01 Å². The van der Waals surface area contributed by atoms with Crippen LogP contribution >= 0.6 is 11.3 Å². The molecule has 0 unspecified atom stereocenters. The molecule has 2 aromatic rings. The van der Waals surface area contributed by atoms with E-state index < -0.39 is 0 Å². The van der Waals surface area contributed by atoms with Gasteiger partial charge in [-0.2, -0.15) is 0 Å². The predicted octanol–water partition coefficient (Wildman–Crippen LogP) is 2.42. The van der Waals surface area contributed by atoms with Gasteiger partial charge in [0.05, 0.1) is 0 Å². The van der Waals surface area contributed by atoms with E-state index in [9.17, 15) is 0 Å². The van der Waals surface area contributed by atoms with Crippen LogP contribution < -0.4 is 5.84 Å². The maximum atomic E-state index is 5.78. The number of aromatic nitrogens is 1. The third-order valence-corrected chi connectivity index (χ3v) is 4.48. The summed E-state index contributed by atoms with van der Waals surface area (Å²) in [5, 5.41) is 5.42. The van der Waals surface area contributed by atoms with Crippen LogP contribution in [0.3, 0.4) is 0 Å². The number of hydrogen-bond acceptors (Lipinski definition) is 4. The third kappa shape index (κ3) is 2.34. The number of rotatable bonds is 2. The maximum absolute atomic E-state index is 5.78. The highest BCUT2D eigenvalue weighted by Crippen LogP contribution is 2.26. The van der Waals surface area contributed by atoms with Gasteiger partial charge in [0, 0.05) is 35.1 Å². The second-order valence-electron chi connectivity index (χ2n) is 4.77. The highest BCUT2D eigenvalue weighted by Gasteiger charge is 2.18. The van der Waals surface area contributed by atoms with E-state index in [0.717, 1.165) is 25.4 Å². The van der Waals surface area contributed by atoms with Crippen LogP contribution in [0.4, 0.5) is 0 Å². The minimum atomic E-state index is 0.743. The molecule has 0 spiro atoms. The van der Waals surface area contributed by atoms with Crippen LogP contribution in [0.25, 0.3) is 10.1 Å². The number of pyridine rings is 1. The van der Waals surface area contributed by atoms with Crippen LogP contribution in [0.1, 0.15) is 18.5 Å². The molecular weight excluding hydrogens is 230 g/mol. The van der Waals surface area contributed by atoms with Gasteiger partial charge >= 0.3 is 0 Å². The van der Waals surface area contributed by atoms with Crippen molar-refractivity contribution in [2.24, 2.45) is 11.8 Å². The van der Waals surface area contributed by atoms with E-state index in [0.29, 0.717) is 0 Å². The second kappa shape index (κ2) is 4.72. The Labute approximate surface area is 105 Å². The number of thiophene rings is 1. The van der Waals surface area contributed by atoms with Gasteiger partial charge in [0.2, 0.25) is 0 Å². The average molecular weight is 247 g/mol. The lowest BCUT2D eigenvalue weighted by atomic mass is 9.92. The van der Waals surface area contributed by atoms with E-state index in [2.05, 4.69) is 22.5 Å². The molecule has 0 aliphatic carbocycles. The fourth-order valence-electron chi connectivity index (χ4n) is 2.55. The molecule has 0 saturated carbocycles. The zero-order chi connectivity index (χ0) is 11.7. The maximum Gasteiger partial charge on any atom is 0.0493 e. The third-order valence-electron chi connectivity index (χ3n) is 3.59. The first-order valence-electron chi connectivity index (χ1n) is 6.13. The predicted molar refractivity (Wildman–Crippen MR) is 71.8 cm³/mol. The molecule has 17 heavy (non-hydrogen) atoms. The fourth-order valence-corrected chi connectivity index (χ4v) is 3.35. The first-order chi connectivity index (χ1) is 8.33. The number of fused-ring (bicyclic) bond motifs is 1. The van der Waals surface area contributed by atoms with Crippen LogP contribution in [-0.2, 0) is 6.42 Å². The molecule has 1 aliphatic heterocycles. The Kier molecular flexibility index (Phi) is 3.09. The molecule has 4 heteroatoms. The van der Waals surface area contributed by atoms with Crippen molar-refractivity contribution in [3.05, 3.63) is 29.4 Å². The molecule has 1 aliphatic rings. The van der Waals surface area contributed by atoms with Crippen molar-refractivity contribution in [1.29, 1.82) is 0 Å². The lowest BCUT2D eigenvalue weighted by molar-refractivity contribution is 0.187. The molecule has 0 bridgehead atoms. The van der Waals surface area contributed by atoms with Crippen LogP contribution in [0, 0.1) is 5.92 Å². The van der Waals surface area contributed by atoms with Crippen LogP contribution in [0.15, 0.2) is 23.7 Å². The molecule has 2 N–H and O–H groups in total. The Morgan fingerprint density at radius 3 is 3.00 bits per heavy atom. The summed E-state index contributed by atoms with van der Waals surface area (Å²) < 4.78 is 1.35. The molecule has 3 heterocycles. The first kappa shape index (κ1) is 11.1. The number of piperidine rings is 1. The molecule has 3 nitrogen and oxygen atoms in total. The molecule has 0 aromatic carbocycles. The van der Waals surface area contributed by atoms with E-state index in [1.54, 1.807) is 11.3 Å². The summed E-state index contributed by atoms with van der Waals surface area (Å²) in [6.45, 7) is 2.04. The Morgan fingerprint density at radius 1 is 1.35 bits per heavy atom. The lowest BCUT2D eigenvalue weighted by Crippen LogP contribution is -2.39. The second-order valence-corrected chi connectivity index (χ2v) is 5.72. The Hall–Kier alpha value is -0.970. The van der Waals surface area contributed by atoms with Crippen LogP contribution in [-0.4, -0.2) is 23.1 Å². The van der Waals surface area contributed by atoms with Crippen molar-refractivity contribution in [2.45, 2.75) is 19.3 Å². The summed E-state index contributed by atoms with van der Waals surface area (Å²) >= 11 is 1.80. The SMILES string of the molecule is NN1CCC(Cc2nccc3sccc23)CC1. The van der Waals surface area contributed by atoms with Gasteiger partial charge in [-0.1, -0.05) is 0 Å². The molecule has 0 radical (unpaired) electrons. The number of hydrazine groups is 1. The Balaban J connectivity index is 1.78. The van der Waals surface area contributed by atoms with Gasteiger partial charge in [-0.15, -0.1) is 11.3 Å². The van der Waals surface area contributed by atoms with Crippen molar-refractivity contribution in [2.75, 3.05) is 13.1 Å². The fraction of sp³-hybridized carbons (Fsp3) is 0.462. The van der Waals surface area contributed by atoms with Gasteiger partial charge in [-0.3, -0.25) is 10.8 Å². The van der Waals surface area contributed by atoms with Crippen molar-refractivity contribution in [1.82, 2.24) is 9.99 Å². The normalized spacial score (nSPS) is 18.9. The highest BCUT2D eigenvalue weighted by atomic mass is 32.1. The van der Waals surface area contributed by atoms with Crippen molar-refractivity contribution < 1.29 is 0 Å². The molecule has 2 aromatic heterocycles. The van der Waals surface area contributed by atoms with Crippen molar-refractivity contribution >= 4 is 21.4 Å². The first-order valence-corrected chi connectivity index (χ1v) is 7.01. The topological polar surface area (TPSA) is 42.1 Å². The van der Waals surface area contributed by atoms with E-state index >= 15 is 0 Å². The summed E-state index contributed by atoms with van der Waals surface area (Å²) in [7, 11) is 0. The molecule has 90 valence electrons. The monoisotopic (exact) mass is 247 g/mol. The average Bonchev–Trinajstić information content (AvgIpc) is 2.81. The molecule has 1 fully saturated rings.